The Balaban J connectivity index is 2.10. The van der Waals surface area contributed by atoms with Gasteiger partial charge in [-0.05, 0) is 38.3 Å². The Morgan fingerprint density at radius 3 is 2.56 bits per heavy atom. The monoisotopic (exact) mass is 277 g/mol. The van der Waals surface area contributed by atoms with Gasteiger partial charge in [0.2, 0.25) is 0 Å². The first-order valence-corrected chi connectivity index (χ1v) is 8.42. The fourth-order valence-electron chi connectivity index (χ4n) is 1.76. The highest BCUT2D eigenvalue weighted by atomic mass is 32.2. The van der Waals surface area contributed by atoms with Crippen LogP contribution in [0.3, 0.4) is 0 Å². The lowest BCUT2D eigenvalue weighted by Crippen LogP contribution is -2.39. The first-order chi connectivity index (χ1) is 8.56. The van der Waals surface area contributed by atoms with Gasteiger partial charge in [0.15, 0.2) is 0 Å². The summed E-state index contributed by atoms with van der Waals surface area (Å²) < 4.78 is 27.8. The van der Waals surface area contributed by atoms with Crippen LogP contribution in [0.15, 0.2) is 0 Å². The molecular formula is C12H27N3O2S. The van der Waals surface area contributed by atoms with Crippen molar-refractivity contribution in [1.82, 2.24) is 14.3 Å². The maximum atomic E-state index is 11.8. The van der Waals surface area contributed by atoms with Crippen molar-refractivity contribution >= 4 is 10.2 Å². The normalized spacial score (nSPS) is 16.4. The van der Waals surface area contributed by atoms with Crippen LogP contribution in [0.1, 0.15) is 39.0 Å². The van der Waals surface area contributed by atoms with Crippen LogP contribution in [0.25, 0.3) is 0 Å². The molecule has 0 atom stereocenters. The summed E-state index contributed by atoms with van der Waals surface area (Å²) in [6.45, 7) is 5.13. The Morgan fingerprint density at radius 1 is 1.22 bits per heavy atom. The van der Waals surface area contributed by atoms with Crippen LogP contribution < -0.4 is 10.0 Å². The molecule has 1 aliphatic carbocycles. The summed E-state index contributed by atoms with van der Waals surface area (Å²) in [6.07, 6.45) is 5.46. The topological polar surface area (TPSA) is 61.4 Å². The molecule has 18 heavy (non-hydrogen) atoms. The molecule has 0 spiro atoms. The largest absolute Gasteiger partial charge is 0.317 e. The van der Waals surface area contributed by atoms with Crippen LogP contribution in [0, 0.1) is 5.92 Å². The molecule has 1 saturated carbocycles. The van der Waals surface area contributed by atoms with Crippen molar-refractivity contribution in [2.75, 3.05) is 33.2 Å². The number of rotatable bonds is 11. The lowest BCUT2D eigenvalue weighted by molar-refractivity contribution is 0.443. The van der Waals surface area contributed by atoms with Gasteiger partial charge in [0.05, 0.1) is 0 Å². The van der Waals surface area contributed by atoms with Crippen molar-refractivity contribution in [3.05, 3.63) is 0 Å². The second kappa shape index (κ2) is 8.09. The smallest absolute Gasteiger partial charge is 0.279 e. The molecule has 1 rings (SSSR count). The van der Waals surface area contributed by atoms with Crippen molar-refractivity contribution in [2.24, 2.45) is 5.92 Å². The van der Waals surface area contributed by atoms with E-state index in [1.807, 2.05) is 0 Å². The number of hydrogen-bond acceptors (Lipinski definition) is 3. The summed E-state index contributed by atoms with van der Waals surface area (Å²) >= 11 is 0. The van der Waals surface area contributed by atoms with Crippen molar-refractivity contribution < 1.29 is 8.42 Å². The molecule has 0 aromatic carbocycles. The second-order valence-corrected chi connectivity index (χ2v) is 6.92. The Bertz CT molecular complexity index is 315. The van der Waals surface area contributed by atoms with Gasteiger partial charge in [-0.1, -0.05) is 19.8 Å². The Morgan fingerprint density at radius 2 is 1.94 bits per heavy atom. The zero-order valence-electron chi connectivity index (χ0n) is 11.6. The fraction of sp³-hybridized carbons (Fsp3) is 1.00. The van der Waals surface area contributed by atoms with Crippen LogP contribution in [0.5, 0.6) is 0 Å². The summed E-state index contributed by atoms with van der Waals surface area (Å²) in [6, 6.07) is 0. The second-order valence-electron chi connectivity index (χ2n) is 5.06. The maximum Gasteiger partial charge on any atom is 0.279 e. The minimum absolute atomic E-state index is 0.565. The maximum absolute atomic E-state index is 11.8. The predicted molar refractivity (Wildman–Crippen MR) is 74.7 cm³/mol. The van der Waals surface area contributed by atoms with Crippen molar-refractivity contribution in [3.63, 3.8) is 0 Å². The highest BCUT2D eigenvalue weighted by molar-refractivity contribution is 7.87. The van der Waals surface area contributed by atoms with E-state index in [9.17, 15) is 8.42 Å². The Labute approximate surface area is 112 Å². The molecule has 0 bridgehead atoms. The summed E-state index contributed by atoms with van der Waals surface area (Å²) in [5.41, 5.74) is 0. The van der Waals surface area contributed by atoms with Gasteiger partial charge in [-0.15, -0.1) is 0 Å². The lowest BCUT2D eigenvalue weighted by atomic mass is 10.3. The first-order valence-electron chi connectivity index (χ1n) is 6.98. The zero-order chi connectivity index (χ0) is 13.4. The van der Waals surface area contributed by atoms with E-state index in [0.29, 0.717) is 13.1 Å². The van der Waals surface area contributed by atoms with Gasteiger partial charge >= 0.3 is 0 Å². The van der Waals surface area contributed by atoms with E-state index in [-0.39, 0.29) is 0 Å². The first kappa shape index (κ1) is 15.9. The molecule has 6 heteroatoms. The Hall–Kier alpha value is -0.170. The summed E-state index contributed by atoms with van der Waals surface area (Å²) in [5, 5.41) is 3.27. The molecule has 2 N–H and O–H groups in total. The summed E-state index contributed by atoms with van der Waals surface area (Å²) in [5.74, 6) is 0.760. The van der Waals surface area contributed by atoms with E-state index in [2.05, 4.69) is 17.0 Å². The van der Waals surface area contributed by atoms with Crippen LogP contribution in [0.2, 0.25) is 0 Å². The molecule has 0 amide bonds. The van der Waals surface area contributed by atoms with Crippen LogP contribution in [-0.4, -0.2) is 45.9 Å². The van der Waals surface area contributed by atoms with Crippen LogP contribution in [-0.2, 0) is 10.2 Å². The minimum atomic E-state index is -3.27. The molecular weight excluding hydrogens is 250 g/mol. The molecule has 0 heterocycles. The van der Waals surface area contributed by atoms with Crippen molar-refractivity contribution in [2.45, 2.75) is 39.0 Å². The van der Waals surface area contributed by atoms with Gasteiger partial charge < -0.3 is 5.32 Å². The quantitative estimate of drug-likeness (QED) is 0.553. The van der Waals surface area contributed by atoms with Gasteiger partial charge in [0.25, 0.3) is 10.2 Å². The van der Waals surface area contributed by atoms with Crippen LogP contribution >= 0.6 is 0 Å². The van der Waals surface area contributed by atoms with E-state index in [1.54, 1.807) is 7.05 Å². The van der Waals surface area contributed by atoms with E-state index in [4.69, 9.17) is 0 Å². The molecule has 5 nitrogen and oxygen atoms in total. The standard InChI is InChI=1S/C12H27N3O2S/c1-3-8-13-9-4-11-15(2)18(16,17)14-10-7-12-5-6-12/h12-14H,3-11H2,1-2H3. The Kier molecular flexibility index (Phi) is 7.14. The molecule has 108 valence electrons. The molecule has 1 aliphatic rings. The average Bonchev–Trinajstić information content (AvgIpc) is 3.12. The van der Waals surface area contributed by atoms with Gasteiger partial charge in [-0.3, -0.25) is 0 Å². The van der Waals surface area contributed by atoms with E-state index in [0.717, 1.165) is 38.3 Å². The predicted octanol–water partition coefficient (Wildman–Crippen LogP) is 0.942. The molecule has 0 unspecified atom stereocenters. The van der Waals surface area contributed by atoms with Gasteiger partial charge in [-0.25, -0.2) is 4.72 Å². The van der Waals surface area contributed by atoms with Crippen molar-refractivity contribution in [3.8, 4) is 0 Å². The molecule has 1 fully saturated rings. The average molecular weight is 277 g/mol. The van der Waals surface area contributed by atoms with E-state index < -0.39 is 10.2 Å². The van der Waals surface area contributed by atoms with Crippen LogP contribution in [0.4, 0.5) is 0 Å². The molecule has 0 aromatic rings. The third-order valence-corrected chi connectivity index (χ3v) is 4.77. The van der Waals surface area contributed by atoms with E-state index >= 15 is 0 Å². The highest BCUT2D eigenvalue weighted by Crippen LogP contribution is 2.31. The molecule has 0 aliphatic heterocycles. The lowest BCUT2D eigenvalue weighted by Gasteiger charge is -2.17. The number of nitrogens with one attached hydrogen (secondary N) is 2. The summed E-state index contributed by atoms with van der Waals surface area (Å²) in [4.78, 5) is 0. The number of hydrogen-bond donors (Lipinski definition) is 2. The third kappa shape index (κ3) is 6.68. The minimum Gasteiger partial charge on any atom is -0.317 e. The summed E-state index contributed by atoms with van der Waals surface area (Å²) in [7, 11) is -1.63. The zero-order valence-corrected chi connectivity index (χ0v) is 12.4. The fourth-order valence-corrected chi connectivity index (χ4v) is 2.72. The van der Waals surface area contributed by atoms with Crippen molar-refractivity contribution in [1.29, 1.82) is 0 Å². The molecule has 0 saturated heterocycles. The molecule has 0 aromatic heterocycles. The highest BCUT2D eigenvalue weighted by Gasteiger charge is 2.22. The van der Waals surface area contributed by atoms with Gasteiger partial charge in [0.1, 0.15) is 0 Å². The number of nitrogens with zero attached hydrogens (tertiary/aromatic N) is 1. The van der Waals surface area contributed by atoms with Gasteiger partial charge in [0, 0.05) is 20.1 Å². The van der Waals surface area contributed by atoms with E-state index in [1.165, 1.54) is 17.1 Å². The SMILES string of the molecule is CCCNCCCN(C)S(=O)(=O)NCCC1CC1. The third-order valence-electron chi connectivity index (χ3n) is 3.20. The van der Waals surface area contributed by atoms with Gasteiger partial charge in [-0.2, -0.15) is 12.7 Å². The molecule has 0 radical (unpaired) electrons.